The SMILES string of the molecule is CC1CN2CCCC2CN1c1cccc(F)c1/C(N)=N/O. The Bertz CT molecular complexity index is 563. The second-order valence-electron chi connectivity index (χ2n) is 5.91. The molecular formula is C15H21FN4O. The summed E-state index contributed by atoms with van der Waals surface area (Å²) in [5.41, 5.74) is 6.58. The van der Waals surface area contributed by atoms with E-state index in [0.717, 1.165) is 19.6 Å². The number of hydrogen-bond donors (Lipinski definition) is 2. The number of hydrogen-bond acceptors (Lipinski definition) is 4. The standard InChI is InChI=1S/C15H21FN4O/c1-10-8-19-7-3-4-11(19)9-20(10)13-6-2-5-12(16)14(13)15(17)18-21/h2,5-6,10-11,21H,3-4,7-9H2,1H3,(H2,17,18). The van der Waals surface area contributed by atoms with Crippen LogP contribution < -0.4 is 10.6 Å². The number of halogens is 1. The fourth-order valence-corrected chi connectivity index (χ4v) is 3.58. The minimum atomic E-state index is -0.455. The molecule has 2 aliphatic heterocycles. The van der Waals surface area contributed by atoms with Crippen LogP contribution in [0, 0.1) is 5.82 Å². The first-order valence-corrected chi connectivity index (χ1v) is 7.39. The molecule has 6 heteroatoms. The van der Waals surface area contributed by atoms with Gasteiger partial charge in [0.2, 0.25) is 0 Å². The van der Waals surface area contributed by atoms with Crippen LogP contribution in [-0.4, -0.2) is 47.7 Å². The van der Waals surface area contributed by atoms with E-state index in [1.54, 1.807) is 6.07 Å². The van der Waals surface area contributed by atoms with Crippen LogP contribution in [0.2, 0.25) is 0 Å². The zero-order chi connectivity index (χ0) is 15.0. The van der Waals surface area contributed by atoms with E-state index in [9.17, 15) is 4.39 Å². The van der Waals surface area contributed by atoms with Crippen LogP contribution in [0.15, 0.2) is 23.4 Å². The molecule has 0 saturated carbocycles. The van der Waals surface area contributed by atoms with Crippen molar-refractivity contribution in [2.75, 3.05) is 24.5 Å². The minimum Gasteiger partial charge on any atom is -0.409 e. The summed E-state index contributed by atoms with van der Waals surface area (Å²) in [5, 5.41) is 11.9. The number of amidine groups is 1. The Morgan fingerprint density at radius 1 is 1.43 bits per heavy atom. The molecule has 2 atom stereocenters. The van der Waals surface area contributed by atoms with Crippen molar-refractivity contribution in [3.63, 3.8) is 0 Å². The van der Waals surface area contributed by atoms with Crippen molar-refractivity contribution in [1.82, 2.24) is 4.90 Å². The van der Waals surface area contributed by atoms with Crippen LogP contribution in [0.25, 0.3) is 0 Å². The molecule has 5 nitrogen and oxygen atoms in total. The van der Waals surface area contributed by atoms with Gasteiger partial charge in [-0.2, -0.15) is 0 Å². The molecule has 2 saturated heterocycles. The Morgan fingerprint density at radius 2 is 2.24 bits per heavy atom. The fourth-order valence-electron chi connectivity index (χ4n) is 3.58. The number of piperazine rings is 1. The Hall–Kier alpha value is -1.82. The third-order valence-corrected chi connectivity index (χ3v) is 4.60. The maximum Gasteiger partial charge on any atom is 0.175 e. The van der Waals surface area contributed by atoms with Gasteiger partial charge in [0, 0.05) is 25.2 Å². The van der Waals surface area contributed by atoms with Gasteiger partial charge in [-0.3, -0.25) is 4.90 Å². The molecule has 21 heavy (non-hydrogen) atoms. The lowest BCUT2D eigenvalue weighted by molar-refractivity contribution is 0.203. The second kappa shape index (κ2) is 5.52. The van der Waals surface area contributed by atoms with Crippen LogP contribution in [0.5, 0.6) is 0 Å². The van der Waals surface area contributed by atoms with Gasteiger partial charge in [-0.25, -0.2) is 4.39 Å². The van der Waals surface area contributed by atoms with Gasteiger partial charge in [-0.15, -0.1) is 0 Å². The normalized spacial score (nSPS) is 27.0. The molecule has 0 amide bonds. The van der Waals surface area contributed by atoms with Crippen LogP contribution in [0.4, 0.5) is 10.1 Å². The summed E-state index contributed by atoms with van der Waals surface area (Å²) >= 11 is 0. The lowest BCUT2D eigenvalue weighted by Gasteiger charge is -2.44. The molecule has 2 heterocycles. The second-order valence-corrected chi connectivity index (χ2v) is 5.91. The average Bonchev–Trinajstić information content (AvgIpc) is 2.92. The fraction of sp³-hybridized carbons (Fsp3) is 0.533. The molecular weight excluding hydrogens is 271 g/mol. The lowest BCUT2D eigenvalue weighted by Crippen LogP contribution is -2.55. The maximum absolute atomic E-state index is 14.1. The number of anilines is 1. The Morgan fingerprint density at radius 3 is 3.00 bits per heavy atom. The molecule has 0 aliphatic carbocycles. The van der Waals surface area contributed by atoms with E-state index in [1.807, 2.05) is 6.07 Å². The largest absolute Gasteiger partial charge is 0.409 e. The third-order valence-electron chi connectivity index (χ3n) is 4.60. The Balaban J connectivity index is 1.98. The van der Waals surface area contributed by atoms with Crippen LogP contribution in [0.3, 0.4) is 0 Å². The van der Waals surface area contributed by atoms with E-state index in [2.05, 4.69) is 21.9 Å². The van der Waals surface area contributed by atoms with Gasteiger partial charge in [0.05, 0.1) is 11.3 Å². The summed E-state index contributed by atoms with van der Waals surface area (Å²) < 4.78 is 14.1. The maximum atomic E-state index is 14.1. The molecule has 2 unspecified atom stereocenters. The highest BCUT2D eigenvalue weighted by molar-refractivity contribution is 6.02. The predicted molar refractivity (Wildman–Crippen MR) is 80.3 cm³/mol. The van der Waals surface area contributed by atoms with Gasteiger partial charge in [-0.1, -0.05) is 11.2 Å². The summed E-state index contributed by atoms with van der Waals surface area (Å²) in [6.07, 6.45) is 2.40. The van der Waals surface area contributed by atoms with Gasteiger partial charge in [0.25, 0.3) is 0 Å². The van der Waals surface area contributed by atoms with E-state index in [0.29, 0.717) is 11.7 Å². The first-order chi connectivity index (χ1) is 10.1. The van der Waals surface area contributed by atoms with Gasteiger partial charge in [-0.05, 0) is 38.4 Å². The van der Waals surface area contributed by atoms with Crippen molar-refractivity contribution in [2.45, 2.75) is 31.8 Å². The molecule has 1 aromatic carbocycles. The van der Waals surface area contributed by atoms with Crippen molar-refractivity contribution in [3.8, 4) is 0 Å². The first-order valence-electron chi connectivity index (χ1n) is 7.39. The number of nitrogens with two attached hydrogens (primary N) is 1. The Kier molecular flexibility index (Phi) is 3.71. The van der Waals surface area contributed by atoms with Crippen molar-refractivity contribution < 1.29 is 9.60 Å². The number of nitrogens with zero attached hydrogens (tertiary/aromatic N) is 3. The topological polar surface area (TPSA) is 65.1 Å². The van der Waals surface area contributed by atoms with E-state index < -0.39 is 5.82 Å². The monoisotopic (exact) mass is 292 g/mol. The first kappa shape index (κ1) is 14.1. The average molecular weight is 292 g/mol. The molecule has 0 bridgehead atoms. The number of oxime groups is 1. The zero-order valence-corrected chi connectivity index (χ0v) is 12.2. The number of rotatable bonds is 2. The van der Waals surface area contributed by atoms with Crippen LogP contribution in [0.1, 0.15) is 25.3 Å². The van der Waals surface area contributed by atoms with Crippen molar-refractivity contribution >= 4 is 11.5 Å². The van der Waals surface area contributed by atoms with Gasteiger partial charge in [0.1, 0.15) is 5.82 Å². The van der Waals surface area contributed by atoms with E-state index >= 15 is 0 Å². The highest BCUT2D eigenvalue weighted by Crippen LogP contribution is 2.31. The van der Waals surface area contributed by atoms with E-state index in [-0.39, 0.29) is 17.4 Å². The molecule has 3 rings (SSSR count). The summed E-state index contributed by atoms with van der Waals surface area (Å²) in [6.45, 7) is 5.11. The number of benzene rings is 1. The van der Waals surface area contributed by atoms with Crippen LogP contribution >= 0.6 is 0 Å². The Labute approximate surface area is 123 Å². The molecule has 1 aromatic rings. The molecule has 2 fully saturated rings. The predicted octanol–water partition coefficient (Wildman–Crippen LogP) is 1.59. The smallest absolute Gasteiger partial charge is 0.175 e. The van der Waals surface area contributed by atoms with Crippen molar-refractivity contribution in [3.05, 3.63) is 29.6 Å². The van der Waals surface area contributed by atoms with Gasteiger partial charge >= 0.3 is 0 Å². The zero-order valence-electron chi connectivity index (χ0n) is 12.2. The van der Waals surface area contributed by atoms with Crippen LogP contribution in [-0.2, 0) is 0 Å². The minimum absolute atomic E-state index is 0.177. The van der Waals surface area contributed by atoms with Gasteiger partial charge < -0.3 is 15.8 Å². The summed E-state index contributed by atoms with van der Waals surface area (Å²) in [7, 11) is 0. The molecule has 0 spiro atoms. The molecule has 2 aliphatic rings. The summed E-state index contributed by atoms with van der Waals surface area (Å²) in [5.74, 6) is -0.631. The lowest BCUT2D eigenvalue weighted by atomic mass is 10.0. The van der Waals surface area contributed by atoms with Crippen molar-refractivity contribution in [2.24, 2.45) is 10.9 Å². The highest BCUT2D eigenvalue weighted by atomic mass is 19.1. The van der Waals surface area contributed by atoms with Gasteiger partial charge in [0.15, 0.2) is 5.84 Å². The summed E-state index contributed by atoms with van der Waals surface area (Å²) in [6, 6.07) is 5.65. The third kappa shape index (κ3) is 2.44. The molecule has 0 radical (unpaired) electrons. The summed E-state index contributed by atoms with van der Waals surface area (Å²) in [4.78, 5) is 4.69. The highest BCUT2D eigenvalue weighted by Gasteiger charge is 2.35. The molecule has 114 valence electrons. The van der Waals surface area contributed by atoms with E-state index in [1.165, 1.54) is 18.9 Å². The molecule has 0 aromatic heterocycles. The van der Waals surface area contributed by atoms with E-state index in [4.69, 9.17) is 10.9 Å². The van der Waals surface area contributed by atoms with Crippen molar-refractivity contribution in [1.29, 1.82) is 0 Å². The quantitative estimate of drug-likeness (QED) is 0.376. The molecule has 3 N–H and O–H groups in total. The number of fused-ring (bicyclic) bond motifs is 1.